The molecule has 0 saturated heterocycles. The van der Waals surface area contributed by atoms with Crippen molar-refractivity contribution in [3.05, 3.63) is 52.5 Å². The van der Waals surface area contributed by atoms with Gasteiger partial charge >= 0.3 is 0 Å². The van der Waals surface area contributed by atoms with Crippen LogP contribution in [-0.2, 0) is 0 Å². The molecule has 0 aliphatic carbocycles. The highest BCUT2D eigenvalue weighted by atomic mass is 16.5. The van der Waals surface area contributed by atoms with Gasteiger partial charge < -0.3 is 4.74 Å². The molecule has 0 spiro atoms. The predicted octanol–water partition coefficient (Wildman–Crippen LogP) is 2.24. The molecule has 5 nitrogen and oxygen atoms in total. The summed E-state index contributed by atoms with van der Waals surface area (Å²) in [5, 5.41) is 9.75. The van der Waals surface area contributed by atoms with Crippen LogP contribution >= 0.6 is 0 Å². The Balaban J connectivity index is 1.79. The molecular weight excluding hydrogens is 252 g/mol. The van der Waals surface area contributed by atoms with Crippen molar-refractivity contribution >= 4 is 23.4 Å². The lowest BCUT2D eigenvalue weighted by Crippen LogP contribution is -2.06. The number of hydrogen-bond acceptors (Lipinski definition) is 5. The maximum Gasteiger partial charge on any atom is 0.160 e. The Kier molecular flexibility index (Phi) is 2.26. The van der Waals surface area contributed by atoms with E-state index in [9.17, 15) is 0 Å². The summed E-state index contributed by atoms with van der Waals surface area (Å²) < 4.78 is 5.15. The van der Waals surface area contributed by atoms with Crippen molar-refractivity contribution < 1.29 is 4.74 Å². The number of hydrogen-bond donors (Lipinski definition) is 0. The lowest BCUT2D eigenvalue weighted by molar-refractivity contribution is 0.415. The van der Waals surface area contributed by atoms with Crippen LogP contribution in [0.5, 0.6) is 5.75 Å². The Labute approximate surface area is 114 Å². The Morgan fingerprint density at radius 3 is 2.60 bits per heavy atom. The number of rotatable bonds is 2. The quantitative estimate of drug-likeness (QED) is 0.818. The van der Waals surface area contributed by atoms with Gasteiger partial charge in [0.25, 0.3) is 0 Å². The van der Waals surface area contributed by atoms with Crippen molar-refractivity contribution in [2.45, 2.75) is 0 Å². The summed E-state index contributed by atoms with van der Waals surface area (Å²) in [6.07, 6.45) is 1.73. The van der Waals surface area contributed by atoms with Crippen LogP contribution in [0.2, 0.25) is 0 Å². The van der Waals surface area contributed by atoms with E-state index in [1.165, 1.54) is 0 Å². The van der Waals surface area contributed by atoms with Crippen molar-refractivity contribution in [3.8, 4) is 5.75 Å². The van der Waals surface area contributed by atoms with Crippen LogP contribution in [0.3, 0.4) is 0 Å². The molecule has 2 aliphatic rings. The number of ether oxygens (including phenoxy) is 1. The molecule has 4 rings (SSSR count). The number of amidine groups is 1. The van der Waals surface area contributed by atoms with Gasteiger partial charge in [-0.3, -0.25) is 0 Å². The molecule has 5 heteroatoms. The van der Waals surface area contributed by atoms with Crippen molar-refractivity contribution in [3.63, 3.8) is 0 Å². The van der Waals surface area contributed by atoms with Crippen LogP contribution < -0.4 is 15.3 Å². The van der Waals surface area contributed by atoms with Crippen LogP contribution in [-0.4, -0.2) is 12.9 Å². The molecular formula is C15H10N4O. The van der Waals surface area contributed by atoms with E-state index in [-0.39, 0.29) is 0 Å². The zero-order valence-electron chi connectivity index (χ0n) is 10.7. The summed E-state index contributed by atoms with van der Waals surface area (Å²) in [6.45, 7) is 0. The normalized spacial score (nSPS) is 14.2. The Hall–Kier alpha value is -2.82. The molecule has 2 heterocycles. The first-order valence-corrected chi connectivity index (χ1v) is 6.20. The van der Waals surface area contributed by atoms with E-state index < -0.39 is 0 Å². The van der Waals surface area contributed by atoms with Gasteiger partial charge in [-0.15, -0.1) is 0 Å². The molecule has 0 fully saturated rings. The van der Waals surface area contributed by atoms with Crippen LogP contribution in [0, 0.1) is 0 Å². The van der Waals surface area contributed by atoms with Crippen LogP contribution in [0.4, 0.5) is 11.4 Å². The van der Waals surface area contributed by atoms with Crippen LogP contribution in [0.15, 0.2) is 56.6 Å². The molecule has 96 valence electrons. The molecule has 2 aromatic rings. The number of azo groups is 1. The molecule has 0 radical (unpaired) electrons. The van der Waals surface area contributed by atoms with Crippen LogP contribution in [0.1, 0.15) is 5.56 Å². The van der Waals surface area contributed by atoms with Crippen molar-refractivity contribution in [1.82, 2.24) is 0 Å². The third-order valence-corrected chi connectivity index (χ3v) is 3.29. The Bertz CT molecular complexity index is 879. The van der Waals surface area contributed by atoms with Gasteiger partial charge in [0.1, 0.15) is 5.75 Å². The van der Waals surface area contributed by atoms with E-state index in [1.54, 1.807) is 13.3 Å². The molecule has 0 atom stereocenters. The minimum Gasteiger partial charge on any atom is -0.497 e. The average Bonchev–Trinajstić information content (AvgIpc) is 3.10. The van der Waals surface area contributed by atoms with Gasteiger partial charge in [-0.25, -0.2) is 9.98 Å². The standard InChI is InChI=1S/C15H10N4O/c1-20-11-4-2-9(3-5-11)15-17-13-6-10-8-16-19-12(10)7-14(13)18-15/h2-8H,1H3. The highest BCUT2D eigenvalue weighted by Gasteiger charge is 2.13. The number of fused-ring (bicyclic) bond motifs is 2. The number of benzene rings is 2. The third-order valence-electron chi connectivity index (χ3n) is 3.29. The number of aliphatic imine (C=N–C) groups is 1. The molecule has 0 unspecified atom stereocenters. The van der Waals surface area contributed by atoms with Crippen molar-refractivity contribution in [1.29, 1.82) is 0 Å². The molecule has 0 amide bonds. The predicted molar refractivity (Wildman–Crippen MR) is 75.4 cm³/mol. The van der Waals surface area contributed by atoms with Crippen molar-refractivity contribution in [2.75, 3.05) is 7.11 Å². The van der Waals surface area contributed by atoms with E-state index in [4.69, 9.17) is 4.74 Å². The zero-order chi connectivity index (χ0) is 13.5. The van der Waals surface area contributed by atoms with Gasteiger partial charge in [0.15, 0.2) is 5.84 Å². The maximum atomic E-state index is 5.15. The van der Waals surface area contributed by atoms with Gasteiger partial charge in [0, 0.05) is 10.8 Å². The highest BCUT2D eigenvalue weighted by molar-refractivity contribution is 6.02. The summed E-state index contributed by atoms with van der Waals surface area (Å²) in [6, 6.07) is 11.6. The lowest BCUT2D eigenvalue weighted by atomic mass is 10.2. The van der Waals surface area contributed by atoms with E-state index >= 15 is 0 Å². The number of methoxy groups -OCH3 is 1. The highest BCUT2D eigenvalue weighted by Crippen LogP contribution is 2.19. The molecule has 0 bridgehead atoms. The van der Waals surface area contributed by atoms with Gasteiger partial charge in [0.05, 0.1) is 30.0 Å². The zero-order valence-corrected chi connectivity index (χ0v) is 10.7. The summed E-state index contributed by atoms with van der Waals surface area (Å²) in [4.78, 5) is 9.11. The molecule has 2 aromatic carbocycles. The minimum absolute atomic E-state index is 0.711. The smallest absolute Gasteiger partial charge is 0.160 e. The van der Waals surface area contributed by atoms with Gasteiger partial charge in [-0.05, 0) is 36.4 Å². The topological polar surface area (TPSA) is 58.7 Å². The average molecular weight is 262 g/mol. The van der Waals surface area contributed by atoms with Gasteiger partial charge in [0.2, 0.25) is 0 Å². The fourth-order valence-electron chi connectivity index (χ4n) is 2.23. The van der Waals surface area contributed by atoms with E-state index in [1.807, 2.05) is 36.4 Å². The lowest BCUT2D eigenvalue weighted by Gasteiger charge is -2.00. The van der Waals surface area contributed by atoms with E-state index in [2.05, 4.69) is 20.2 Å². The SMILES string of the molecule is COc1ccc(C2=Nc3cc4c(cc3=N2)N=NC=4)cc1. The fraction of sp³-hybridized carbons (Fsp3) is 0.0667. The Morgan fingerprint density at radius 2 is 1.80 bits per heavy atom. The first-order chi connectivity index (χ1) is 9.83. The third kappa shape index (κ3) is 1.64. The summed E-state index contributed by atoms with van der Waals surface area (Å²) in [5.41, 5.74) is 2.67. The summed E-state index contributed by atoms with van der Waals surface area (Å²) >= 11 is 0. The van der Waals surface area contributed by atoms with Crippen LogP contribution in [0.25, 0.3) is 6.20 Å². The fourth-order valence-corrected chi connectivity index (χ4v) is 2.23. The van der Waals surface area contributed by atoms with E-state index in [0.29, 0.717) is 5.84 Å². The van der Waals surface area contributed by atoms with Gasteiger partial charge in [-0.2, -0.15) is 10.2 Å². The van der Waals surface area contributed by atoms with Gasteiger partial charge in [-0.1, -0.05) is 0 Å². The van der Waals surface area contributed by atoms with Crippen molar-refractivity contribution in [2.24, 2.45) is 20.2 Å². The molecule has 0 saturated carbocycles. The second-order valence-corrected chi connectivity index (χ2v) is 4.52. The second kappa shape index (κ2) is 4.09. The first-order valence-electron chi connectivity index (χ1n) is 6.20. The first kappa shape index (κ1) is 11.0. The van der Waals surface area contributed by atoms with E-state index in [0.717, 1.165) is 33.3 Å². The molecule has 20 heavy (non-hydrogen) atoms. The largest absolute Gasteiger partial charge is 0.497 e. The molecule has 2 aliphatic heterocycles. The molecule has 0 N–H and O–H groups in total. The monoisotopic (exact) mass is 262 g/mol. The Morgan fingerprint density at radius 1 is 0.950 bits per heavy atom. The second-order valence-electron chi connectivity index (χ2n) is 4.52. The summed E-state index contributed by atoms with van der Waals surface area (Å²) in [7, 11) is 1.65. The molecule has 0 aromatic heterocycles. The maximum absolute atomic E-state index is 5.15. The minimum atomic E-state index is 0.711. The summed E-state index contributed by atoms with van der Waals surface area (Å²) in [5.74, 6) is 1.53. The number of nitrogens with zero attached hydrogens (tertiary/aromatic N) is 4.